The zero-order chi connectivity index (χ0) is 20.5. The second kappa shape index (κ2) is 7.53. The standard InChI is InChI=1S/C22H16ClN5O2/c23-16-10-8-15(9-11-16)18-13-17(14-5-2-1-3-6-14)24-22-26-21(27-28(18)22)25-20(29)19-7-4-12-30-19/h1-13,18H,(H2,24,25,26,27,29)/t18-/m1/s1. The fourth-order valence-corrected chi connectivity index (χ4v) is 3.43. The van der Waals surface area contributed by atoms with Crippen LogP contribution in [0.1, 0.15) is 27.7 Å². The smallest absolute Gasteiger partial charge is 0.293 e. The molecule has 2 aromatic heterocycles. The van der Waals surface area contributed by atoms with Gasteiger partial charge in [0.2, 0.25) is 5.95 Å². The van der Waals surface area contributed by atoms with Gasteiger partial charge in [-0.1, -0.05) is 54.1 Å². The minimum atomic E-state index is -0.415. The molecular weight excluding hydrogens is 402 g/mol. The molecule has 4 aromatic rings. The van der Waals surface area contributed by atoms with E-state index in [1.165, 1.54) is 6.26 Å². The number of allylic oxidation sites excluding steroid dienone is 1. The molecule has 0 spiro atoms. The summed E-state index contributed by atoms with van der Waals surface area (Å²) >= 11 is 6.07. The highest BCUT2D eigenvalue weighted by molar-refractivity contribution is 6.30. The number of nitrogens with one attached hydrogen (secondary N) is 2. The minimum Gasteiger partial charge on any atom is -0.459 e. The van der Waals surface area contributed by atoms with E-state index in [1.807, 2.05) is 54.6 Å². The summed E-state index contributed by atoms with van der Waals surface area (Å²) in [6, 6.07) is 20.5. The first-order valence-electron chi connectivity index (χ1n) is 9.28. The number of amides is 1. The molecule has 0 radical (unpaired) electrons. The lowest BCUT2D eigenvalue weighted by Gasteiger charge is -2.24. The van der Waals surface area contributed by atoms with Crippen molar-refractivity contribution < 1.29 is 9.21 Å². The van der Waals surface area contributed by atoms with Crippen LogP contribution < -0.4 is 10.6 Å². The summed E-state index contributed by atoms with van der Waals surface area (Å²) in [6.07, 6.45) is 3.51. The Morgan fingerprint density at radius 2 is 1.87 bits per heavy atom. The molecule has 2 aromatic carbocycles. The fourth-order valence-electron chi connectivity index (χ4n) is 3.30. The van der Waals surface area contributed by atoms with Gasteiger partial charge >= 0.3 is 0 Å². The average Bonchev–Trinajstić information content (AvgIpc) is 3.44. The lowest BCUT2D eigenvalue weighted by atomic mass is 10.0. The molecule has 5 rings (SSSR count). The molecule has 7 nitrogen and oxygen atoms in total. The van der Waals surface area contributed by atoms with Crippen LogP contribution in [0.5, 0.6) is 0 Å². The van der Waals surface area contributed by atoms with Crippen molar-refractivity contribution in [2.75, 3.05) is 10.6 Å². The van der Waals surface area contributed by atoms with Crippen LogP contribution in [0.2, 0.25) is 5.02 Å². The molecule has 0 aliphatic carbocycles. The molecular formula is C22H16ClN5O2. The molecule has 1 aliphatic heterocycles. The number of hydrogen-bond donors (Lipinski definition) is 2. The summed E-state index contributed by atoms with van der Waals surface area (Å²) in [7, 11) is 0. The van der Waals surface area contributed by atoms with E-state index in [0.29, 0.717) is 11.0 Å². The number of halogens is 1. The lowest BCUT2D eigenvalue weighted by molar-refractivity contribution is 0.0996. The topological polar surface area (TPSA) is 85.0 Å². The molecule has 0 fully saturated rings. The number of rotatable bonds is 4. The summed E-state index contributed by atoms with van der Waals surface area (Å²) in [5, 5.41) is 11.1. The first-order chi connectivity index (χ1) is 14.7. The summed E-state index contributed by atoms with van der Waals surface area (Å²) in [5.74, 6) is 0.474. The normalized spacial score (nSPS) is 15.1. The van der Waals surface area contributed by atoms with Gasteiger partial charge in [0.25, 0.3) is 11.9 Å². The Balaban J connectivity index is 1.53. The summed E-state index contributed by atoms with van der Waals surface area (Å²) in [5.41, 5.74) is 2.91. The van der Waals surface area contributed by atoms with Gasteiger partial charge in [0.15, 0.2) is 5.76 Å². The molecule has 0 unspecified atom stereocenters. The molecule has 8 heteroatoms. The largest absolute Gasteiger partial charge is 0.459 e. The van der Waals surface area contributed by atoms with Crippen LogP contribution in [0.3, 0.4) is 0 Å². The number of anilines is 2. The van der Waals surface area contributed by atoms with Gasteiger partial charge in [0.1, 0.15) is 6.04 Å². The van der Waals surface area contributed by atoms with E-state index in [4.69, 9.17) is 16.0 Å². The summed E-state index contributed by atoms with van der Waals surface area (Å²) < 4.78 is 6.86. The van der Waals surface area contributed by atoms with E-state index < -0.39 is 5.91 Å². The second-order valence-electron chi connectivity index (χ2n) is 6.70. The lowest BCUT2D eigenvalue weighted by Crippen LogP contribution is -2.20. The van der Waals surface area contributed by atoms with Crippen molar-refractivity contribution in [2.24, 2.45) is 0 Å². The SMILES string of the molecule is O=C(Nc1nc2n(n1)[C@@H](c1ccc(Cl)cc1)C=C(c1ccccc1)N2)c1ccco1. The highest BCUT2D eigenvalue weighted by Crippen LogP contribution is 2.33. The number of benzene rings is 2. The summed E-state index contributed by atoms with van der Waals surface area (Å²) in [4.78, 5) is 16.8. The van der Waals surface area contributed by atoms with Gasteiger partial charge in [-0.3, -0.25) is 10.1 Å². The van der Waals surface area contributed by atoms with Crippen molar-refractivity contribution in [2.45, 2.75) is 6.04 Å². The number of furan rings is 1. The molecule has 3 heterocycles. The maximum atomic E-state index is 12.3. The molecule has 1 atom stereocenters. The Morgan fingerprint density at radius 3 is 2.60 bits per heavy atom. The minimum absolute atomic E-state index is 0.181. The average molecular weight is 418 g/mol. The van der Waals surface area contributed by atoms with Crippen molar-refractivity contribution in [3.63, 3.8) is 0 Å². The Kier molecular flexibility index (Phi) is 4.57. The van der Waals surface area contributed by atoms with E-state index >= 15 is 0 Å². The van der Waals surface area contributed by atoms with Gasteiger partial charge in [0.05, 0.1) is 6.26 Å². The van der Waals surface area contributed by atoms with E-state index in [9.17, 15) is 4.79 Å². The number of fused-ring (bicyclic) bond motifs is 1. The van der Waals surface area contributed by atoms with Crippen molar-refractivity contribution in [3.05, 3.63) is 101 Å². The first-order valence-corrected chi connectivity index (χ1v) is 9.66. The monoisotopic (exact) mass is 417 g/mol. The second-order valence-corrected chi connectivity index (χ2v) is 7.14. The molecule has 1 amide bonds. The van der Waals surface area contributed by atoms with Crippen LogP contribution in [0, 0.1) is 0 Å². The number of nitrogens with zero attached hydrogens (tertiary/aromatic N) is 3. The third kappa shape index (κ3) is 3.46. The van der Waals surface area contributed by atoms with E-state index in [-0.39, 0.29) is 17.8 Å². The van der Waals surface area contributed by atoms with Crippen LogP contribution in [0.15, 0.2) is 83.5 Å². The molecule has 0 bridgehead atoms. The van der Waals surface area contributed by atoms with E-state index in [1.54, 1.807) is 16.8 Å². The zero-order valence-corrected chi connectivity index (χ0v) is 16.4. The van der Waals surface area contributed by atoms with Crippen LogP contribution in [0.25, 0.3) is 5.70 Å². The highest BCUT2D eigenvalue weighted by atomic mass is 35.5. The molecule has 2 N–H and O–H groups in total. The molecule has 1 aliphatic rings. The third-order valence-electron chi connectivity index (χ3n) is 4.73. The number of hydrogen-bond acceptors (Lipinski definition) is 5. The summed E-state index contributed by atoms with van der Waals surface area (Å²) in [6.45, 7) is 0. The highest BCUT2D eigenvalue weighted by Gasteiger charge is 2.26. The fraction of sp³-hybridized carbons (Fsp3) is 0.0455. The van der Waals surface area contributed by atoms with Gasteiger partial charge in [-0.2, -0.15) is 4.98 Å². The Hall–Kier alpha value is -3.84. The van der Waals surface area contributed by atoms with Gasteiger partial charge in [-0.05, 0) is 41.5 Å². The van der Waals surface area contributed by atoms with Crippen molar-refractivity contribution in [3.8, 4) is 0 Å². The van der Waals surface area contributed by atoms with Crippen LogP contribution in [0.4, 0.5) is 11.9 Å². The van der Waals surface area contributed by atoms with Crippen LogP contribution in [-0.4, -0.2) is 20.7 Å². The van der Waals surface area contributed by atoms with Crippen molar-refractivity contribution in [1.29, 1.82) is 0 Å². The maximum absolute atomic E-state index is 12.3. The number of carbonyl (C=O) groups is 1. The van der Waals surface area contributed by atoms with Gasteiger partial charge in [-0.15, -0.1) is 5.10 Å². The third-order valence-corrected chi connectivity index (χ3v) is 4.98. The zero-order valence-electron chi connectivity index (χ0n) is 15.6. The van der Waals surface area contributed by atoms with Gasteiger partial charge in [0, 0.05) is 10.7 Å². The molecule has 0 saturated carbocycles. The molecule has 148 valence electrons. The molecule has 0 saturated heterocycles. The Morgan fingerprint density at radius 1 is 1.07 bits per heavy atom. The number of aromatic nitrogens is 3. The molecule has 30 heavy (non-hydrogen) atoms. The van der Waals surface area contributed by atoms with E-state index in [0.717, 1.165) is 16.8 Å². The Bertz CT molecular complexity index is 1210. The van der Waals surface area contributed by atoms with Crippen LogP contribution >= 0.6 is 11.6 Å². The predicted molar refractivity (Wildman–Crippen MR) is 114 cm³/mol. The maximum Gasteiger partial charge on any atom is 0.293 e. The Labute approximate surface area is 177 Å². The van der Waals surface area contributed by atoms with Crippen molar-refractivity contribution >= 4 is 35.1 Å². The van der Waals surface area contributed by atoms with Gasteiger partial charge in [-0.25, -0.2) is 4.68 Å². The first kappa shape index (κ1) is 18.2. The predicted octanol–water partition coefficient (Wildman–Crippen LogP) is 4.83. The van der Waals surface area contributed by atoms with Crippen LogP contribution in [-0.2, 0) is 0 Å². The van der Waals surface area contributed by atoms with E-state index in [2.05, 4.69) is 26.8 Å². The van der Waals surface area contributed by atoms with Crippen molar-refractivity contribution in [1.82, 2.24) is 14.8 Å². The van der Waals surface area contributed by atoms with Gasteiger partial charge < -0.3 is 9.73 Å². The quantitative estimate of drug-likeness (QED) is 0.496. The number of carbonyl (C=O) groups excluding carboxylic acids is 1.